The van der Waals surface area contributed by atoms with Crippen LogP contribution in [0.3, 0.4) is 0 Å². The first-order valence-corrected chi connectivity index (χ1v) is 7.12. The second-order valence-corrected chi connectivity index (χ2v) is 5.41. The summed E-state index contributed by atoms with van der Waals surface area (Å²) in [6.07, 6.45) is 2.89. The van der Waals surface area contributed by atoms with Crippen LogP contribution in [0.1, 0.15) is 34.7 Å². The van der Waals surface area contributed by atoms with Crippen LogP contribution in [0.4, 0.5) is 5.69 Å². The van der Waals surface area contributed by atoms with Crippen LogP contribution in [-0.4, -0.2) is 0 Å². The summed E-state index contributed by atoms with van der Waals surface area (Å²) in [6.45, 7) is 10.4. The van der Waals surface area contributed by atoms with Gasteiger partial charge in [-0.05, 0) is 43.9 Å². The summed E-state index contributed by atoms with van der Waals surface area (Å²) < 4.78 is 0. The highest BCUT2D eigenvalue weighted by atomic mass is 14.9. The van der Waals surface area contributed by atoms with Crippen molar-refractivity contribution in [3.8, 4) is 0 Å². The second kappa shape index (κ2) is 6.42. The highest BCUT2D eigenvalue weighted by Gasteiger charge is 2.12. The summed E-state index contributed by atoms with van der Waals surface area (Å²) in [5.41, 5.74) is 6.45. The standard InChI is InChI=1S/C19H23N/c1-5-9-18(17-10-7-6-8-11-17)20-19-15(3)12-14(2)13-16(19)4/h5-8,10-13,18,20H,1,9H2,2-4H3. The van der Waals surface area contributed by atoms with Crippen molar-refractivity contribution in [1.29, 1.82) is 0 Å². The Balaban J connectivity index is 2.32. The first-order chi connectivity index (χ1) is 9.61. The molecule has 1 unspecified atom stereocenters. The third-order valence-electron chi connectivity index (χ3n) is 3.60. The van der Waals surface area contributed by atoms with Gasteiger partial charge in [-0.1, -0.05) is 54.1 Å². The van der Waals surface area contributed by atoms with Gasteiger partial charge in [-0.15, -0.1) is 6.58 Å². The molecule has 0 spiro atoms. The average Bonchev–Trinajstić information content (AvgIpc) is 2.42. The lowest BCUT2D eigenvalue weighted by Crippen LogP contribution is -2.12. The second-order valence-electron chi connectivity index (χ2n) is 5.41. The molecule has 1 heteroatoms. The number of hydrogen-bond acceptors (Lipinski definition) is 1. The molecule has 0 saturated carbocycles. The molecule has 0 fully saturated rings. The highest BCUT2D eigenvalue weighted by Crippen LogP contribution is 2.28. The first kappa shape index (κ1) is 14.4. The molecule has 0 bridgehead atoms. The Bertz CT molecular complexity index is 561. The Morgan fingerprint density at radius 2 is 1.65 bits per heavy atom. The number of benzene rings is 2. The zero-order valence-corrected chi connectivity index (χ0v) is 12.6. The molecule has 0 aliphatic heterocycles. The van der Waals surface area contributed by atoms with Crippen molar-refractivity contribution in [3.63, 3.8) is 0 Å². The number of nitrogens with one attached hydrogen (secondary N) is 1. The Hall–Kier alpha value is -2.02. The smallest absolute Gasteiger partial charge is 0.0548 e. The topological polar surface area (TPSA) is 12.0 Å². The molecule has 0 aromatic heterocycles. The van der Waals surface area contributed by atoms with Crippen molar-refractivity contribution in [3.05, 3.63) is 77.4 Å². The zero-order valence-electron chi connectivity index (χ0n) is 12.6. The quantitative estimate of drug-likeness (QED) is 0.719. The van der Waals surface area contributed by atoms with E-state index in [1.807, 2.05) is 6.08 Å². The molecular formula is C19H23N. The van der Waals surface area contributed by atoms with Gasteiger partial charge < -0.3 is 5.32 Å². The maximum atomic E-state index is 3.89. The summed E-state index contributed by atoms with van der Waals surface area (Å²) in [6, 6.07) is 15.3. The van der Waals surface area contributed by atoms with E-state index in [0.29, 0.717) is 0 Å². The molecule has 0 saturated heterocycles. The molecule has 1 N–H and O–H groups in total. The zero-order chi connectivity index (χ0) is 14.5. The van der Waals surface area contributed by atoms with Gasteiger partial charge in [0.05, 0.1) is 6.04 Å². The normalized spacial score (nSPS) is 11.9. The number of aryl methyl sites for hydroxylation is 3. The molecule has 0 aliphatic rings. The van der Waals surface area contributed by atoms with Crippen LogP contribution < -0.4 is 5.32 Å². The van der Waals surface area contributed by atoms with Crippen LogP contribution in [0.15, 0.2) is 55.1 Å². The molecule has 2 rings (SSSR count). The minimum Gasteiger partial charge on any atom is -0.377 e. The molecule has 0 radical (unpaired) electrons. The van der Waals surface area contributed by atoms with E-state index in [2.05, 4.69) is 75.1 Å². The molecular weight excluding hydrogens is 242 g/mol. The minimum atomic E-state index is 0.272. The van der Waals surface area contributed by atoms with Gasteiger partial charge in [0.25, 0.3) is 0 Å². The number of rotatable bonds is 5. The third kappa shape index (κ3) is 3.30. The lowest BCUT2D eigenvalue weighted by Gasteiger charge is -2.22. The van der Waals surface area contributed by atoms with Crippen LogP contribution in [0.2, 0.25) is 0 Å². The van der Waals surface area contributed by atoms with Crippen LogP contribution in [-0.2, 0) is 0 Å². The van der Waals surface area contributed by atoms with Crippen molar-refractivity contribution in [2.45, 2.75) is 33.2 Å². The van der Waals surface area contributed by atoms with Crippen molar-refractivity contribution in [1.82, 2.24) is 0 Å². The van der Waals surface area contributed by atoms with Gasteiger partial charge in [-0.3, -0.25) is 0 Å². The number of anilines is 1. The first-order valence-electron chi connectivity index (χ1n) is 7.12. The van der Waals surface area contributed by atoms with Gasteiger partial charge >= 0.3 is 0 Å². The molecule has 1 nitrogen and oxygen atoms in total. The van der Waals surface area contributed by atoms with E-state index in [-0.39, 0.29) is 6.04 Å². The van der Waals surface area contributed by atoms with Gasteiger partial charge in [0.1, 0.15) is 0 Å². The minimum absolute atomic E-state index is 0.272. The van der Waals surface area contributed by atoms with Crippen LogP contribution in [0.5, 0.6) is 0 Å². The predicted molar refractivity (Wildman–Crippen MR) is 88.3 cm³/mol. The lowest BCUT2D eigenvalue weighted by molar-refractivity contribution is 0.796. The van der Waals surface area contributed by atoms with Crippen LogP contribution >= 0.6 is 0 Å². The van der Waals surface area contributed by atoms with Gasteiger partial charge in [-0.25, -0.2) is 0 Å². The predicted octanol–water partition coefficient (Wildman–Crippen LogP) is 5.34. The number of hydrogen-bond donors (Lipinski definition) is 1. The highest BCUT2D eigenvalue weighted by molar-refractivity contribution is 5.59. The summed E-state index contributed by atoms with van der Waals surface area (Å²) in [7, 11) is 0. The average molecular weight is 265 g/mol. The molecule has 0 heterocycles. The summed E-state index contributed by atoms with van der Waals surface area (Å²) >= 11 is 0. The fourth-order valence-corrected chi connectivity index (χ4v) is 2.71. The van der Waals surface area contributed by atoms with Gasteiger partial charge in [0, 0.05) is 5.69 Å². The largest absolute Gasteiger partial charge is 0.377 e. The van der Waals surface area contributed by atoms with Crippen molar-refractivity contribution in [2.75, 3.05) is 5.32 Å². The molecule has 0 amide bonds. The third-order valence-corrected chi connectivity index (χ3v) is 3.60. The van der Waals surface area contributed by atoms with E-state index in [0.717, 1.165) is 6.42 Å². The van der Waals surface area contributed by atoms with Crippen LogP contribution in [0, 0.1) is 20.8 Å². The Morgan fingerprint density at radius 3 is 2.20 bits per heavy atom. The maximum Gasteiger partial charge on any atom is 0.0548 e. The Morgan fingerprint density at radius 1 is 1.05 bits per heavy atom. The maximum absolute atomic E-state index is 3.89. The van der Waals surface area contributed by atoms with Crippen molar-refractivity contribution in [2.24, 2.45) is 0 Å². The van der Waals surface area contributed by atoms with E-state index in [4.69, 9.17) is 0 Å². The summed E-state index contributed by atoms with van der Waals surface area (Å²) in [4.78, 5) is 0. The molecule has 1 atom stereocenters. The Labute approximate surface area is 122 Å². The van der Waals surface area contributed by atoms with Crippen molar-refractivity contribution < 1.29 is 0 Å². The van der Waals surface area contributed by atoms with E-state index < -0.39 is 0 Å². The van der Waals surface area contributed by atoms with E-state index in [1.165, 1.54) is 27.9 Å². The molecule has 104 valence electrons. The van der Waals surface area contributed by atoms with E-state index in [9.17, 15) is 0 Å². The molecule has 2 aromatic rings. The lowest BCUT2D eigenvalue weighted by atomic mass is 10.00. The fourth-order valence-electron chi connectivity index (χ4n) is 2.71. The van der Waals surface area contributed by atoms with Gasteiger partial charge in [-0.2, -0.15) is 0 Å². The monoisotopic (exact) mass is 265 g/mol. The molecule has 20 heavy (non-hydrogen) atoms. The summed E-state index contributed by atoms with van der Waals surface area (Å²) in [5.74, 6) is 0. The fraction of sp³-hybridized carbons (Fsp3) is 0.263. The molecule has 0 aliphatic carbocycles. The van der Waals surface area contributed by atoms with Crippen molar-refractivity contribution >= 4 is 5.69 Å². The van der Waals surface area contributed by atoms with E-state index in [1.54, 1.807) is 0 Å². The summed E-state index contributed by atoms with van der Waals surface area (Å²) in [5, 5.41) is 3.69. The van der Waals surface area contributed by atoms with Gasteiger partial charge in [0.15, 0.2) is 0 Å². The SMILES string of the molecule is C=CCC(Nc1c(C)cc(C)cc1C)c1ccccc1. The van der Waals surface area contributed by atoms with E-state index >= 15 is 0 Å². The van der Waals surface area contributed by atoms with Gasteiger partial charge in [0.2, 0.25) is 0 Å². The molecule has 2 aromatic carbocycles. The van der Waals surface area contributed by atoms with Crippen LogP contribution in [0.25, 0.3) is 0 Å². The Kier molecular flexibility index (Phi) is 4.62.